The molecule has 2 amide bonds. The summed E-state index contributed by atoms with van der Waals surface area (Å²) in [5.41, 5.74) is 3.18. The minimum absolute atomic E-state index is 0.359. The Bertz CT molecular complexity index is 881. The zero-order valence-electron chi connectivity index (χ0n) is 14.4. The van der Waals surface area contributed by atoms with Crippen molar-refractivity contribution in [1.29, 1.82) is 0 Å². The van der Waals surface area contributed by atoms with E-state index in [-0.39, 0.29) is 6.03 Å². The van der Waals surface area contributed by atoms with Crippen LogP contribution in [0.1, 0.15) is 11.1 Å². The van der Waals surface area contributed by atoms with E-state index in [4.69, 9.17) is 4.74 Å². The van der Waals surface area contributed by atoms with Gasteiger partial charge in [-0.3, -0.25) is 5.32 Å². The van der Waals surface area contributed by atoms with Gasteiger partial charge < -0.3 is 10.1 Å². The summed E-state index contributed by atoms with van der Waals surface area (Å²) < 4.78 is 5.90. The van der Waals surface area contributed by atoms with E-state index < -0.39 is 0 Å². The lowest BCUT2D eigenvalue weighted by Gasteiger charge is -2.05. The van der Waals surface area contributed by atoms with E-state index in [2.05, 4.69) is 39.9 Å². The number of carbonyl (C=O) groups is 1. The van der Waals surface area contributed by atoms with Crippen LogP contribution in [-0.2, 0) is 5.75 Å². The third-order valence-electron chi connectivity index (χ3n) is 3.59. The number of carbonyl (C=O) groups excluding carboxylic acids is 1. The second kappa shape index (κ2) is 8.68. The quantitative estimate of drug-likeness (QED) is 0.470. The number of ether oxygens (including phenoxy) is 1. The van der Waals surface area contributed by atoms with Crippen LogP contribution in [0.5, 0.6) is 5.75 Å². The third-order valence-corrected chi connectivity index (χ3v) is 5.61. The molecule has 3 aromatic rings. The number of anilines is 2. The van der Waals surface area contributed by atoms with Gasteiger partial charge in [-0.25, -0.2) is 4.79 Å². The number of hydrogen-bond donors (Lipinski definition) is 2. The molecule has 0 aliphatic rings. The highest BCUT2D eigenvalue weighted by Crippen LogP contribution is 2.29. The highest BCUT2D eigenvalue weighted by molar-refractivity contribution is 8.00. The fraction of sp³-hybridized carbons (Fsp3) is 0.167. The summed E-state index contributed by atoms with van der Waals surface area (Å²) in [5, 5.41) is 14.0. The second-order valence-electron chi connectivity index (χ2n) is 5.40. The van der Waals surface area contributed by atoms with Crippen molar-refractivity contribution in [1.82, 2.24) is 10.2 Å². The van der Waals surface area contributed by atoms with Crippen LogP contribution in [0.15, 0.2) is 52.9 Å². The third kappa shape index (κ3) is 4.96. The van der Waals surface area contributed by atoms with Crippen LogP contribution in [0.3, 0.4) is 0 Å². The van der Waals surface area contributed by atoms with Gasteiger partial charge in [-0.2, -0.15) is 0 Å². The van der Waals surface area contributed by atoms with Crippen molar-refractivity contribution in [3.63, 3.8) is 0 Å². The number of rotatable bonds is 6. The molecule has 0 unspecified atom stereocenters. The molecule has 1 aromatic heterocycles. The number of aromatic nitrogens is 2. The molecule has 0 fully saturated rings. The number of amides is 2. The molecule has 0 aliphatic carbocycles. The van der Waals surface area contributed by atoms with Gasteiger partial charge in [-0.15, -0.1) is 10.2 Å². The van der Waals surface area contributed by atoms with Crippen LogP contribution in [0.4, 0.5) is 15.6 Å². The van der Waals surface area contributed by atoms with E-state index in [0.717, 1.165) is 15.8 Å². The van der Waals surface area contributed by atoms with Crippen LogP contribution >= 0.6 is 23.1 Å². The highest BCUT2D eigenvalue weighted by atomic mass is 32.2. The van der Waals surface area contributed by atoms with Crippen molar-refractivity contribution in [2.45, 2.75) is 17.0 Å². The highest BCUT2D eigenvalue weighted by Gasteiger charge is 2.09. The first-order chi connectivity index (χ1) is 12.6. The van der Waals surface area contributed by atoms with Gasteiger partial charge in [0, 0.05) is 11.4 Å². The van der Waals surface area contributed by atoms with Gasteiger partial charge in [0.2, 0.25) is 5.13 Å². The molecule has 0 atom stereocenters. The van der Waals surface area contributed by atoms with Gasteiger partial charge >= 0.3 is 6.03 Å². The first-order valence-electron chi connectivity index (χ1n) is 7.87. The summed E-state index contributed by atoms with van der Waals surface area (Å²) in [5.74, 6) is 1.55. The Balaban J connectivity index is 1.52. The molecule has 3 rings (SSSR count). The molecule has 2 N–H and O–H groups in total. The van der Waals surface area contributed by atoms with Crippen molar-refractivity contribution in [2.75, 3.05) is 17.7 Å². The van der Waals surface area contributed by atoms with Crippen molar-refractivity contribution < 1.29 is 9.53 Å². The zero-order chi connectivity index (χ0) is 18.4. The number of benzene rings is 2. The van der Waals surface area contributed by atoms with Crippen molar-refractivity contribution >= 4 is 39.9 Å². The molecule has 134 valence electrons. The number of thioether (sulfide) groups is 1. The average Bonchev–Trinajstić information content (AvgIpc) is 3.09. The molecule has 1 heterocycles. The van der Waals surface area contributed by atoms with Gasteiger partial charge in [0.05, 0.1) is 7.11 Å². The number of nitrogens with zero attached hydrogens (tertiary/aromatic N) is 2. The van der Waals surface area contributed by atoms with Crippen molar-refractivity contribution in [3.05, 3.63) is 59.7 Å². The smallest absolute Gasteiger partial charge is 0.325 e. The Kier molecular flexibility index (Phi) is 6.08. The van der Waals surface area contributed by atoms with Crippen LogP contribution in [-0.4, -0.2) is 23.3 Å². The SMILES string of the molecule is COc1ccc(NC(=O)Nc2nnc(SCc3ccccc3C)s2)cc1. The van der Waals surface area contributed by atoms with E-state index in [1.165, 1.54) is 22.5 Å². The Hall–Kier alpha value is -2.58. The lowest BCUT2D eigenvalue weighted by Crippen LogP contribution is -2.19. The number of urea groups is 1. The minimum atomic E-state index is -0.359. The zero-order valence-corrected chi connectivity index (χ0v) is 16.0. The van der Waals surface area contributed by atoms with Gasteiger partial charge in [0.25, 0.3) is 0 Å². The van der Waals surface area contributed by atoms with Crippen molar-refractivity contribution in [3.8, 4) is 5.75 Å². The normalized spacial score (nSPS) is 10.4. The molecule has 0 saturated heterocycles. The molecule has 0 bridgehead atoms. The second-order valence-corrected chi connectivity index (χ2v) is 7.60. The molecule has 6 nitrogen and oxygen atoms in total. The maximum Gasteiger partial charge on any atom is 0.325 e. The maximum atomic E-state index is 12.0. The Morgan fingerprint density at radius 1 is 1.12 bits per heavy atom. The molecule has 0 radical (unpaired) electrons. The van der Waals surface area contributed by atoms with E-state index in [0.29, 0.717) is 10.8 Å². The molecular formula is C18H18N4O2S2. The largest absolute Gasteiger partial charge is 0.497 e. The van der Waals surface area contributed by atoms with Gasteiger partial charge in [0.15, 0.2) is 4.34 Å². The summed E-state index contributed by atoms with van der Waals surface area (Å²) in [4.78, 5) is 12.0. The molecule has 2 aromatic carbocycles. The lowest BCUT2D eigenvalue weighted by molar-refractivity contribution is 0.262. The molecular weight excluding hydrogens is 368 g/mol. The topological polar surface area (TPSA) is 76.1 Å². The first-order valence-corrected chi connectivity index (χ1v) is 9.67. The number of methoxy groups -OCH3 is 1. The Labute approximate surface area is 160 Å². The standard InChI is InChI=1S/C18H18N4O2S2/c1-12-5-3-4-6-13(12)11-25-18-22-21-17(26-18)20-16(23)19-14-7-9-15(24-2)10-8-14/h3-10H,11H2,1-2H3,(H2,19,20,21,23). The van der Waals surface area contributed by atoms with E-state index >= 15 is 0 Å². The van der Waals surface area contributed by atoms with E-state index in [1.807, 2.05) is 12.1 Å². The maximum absolute atomic E-state index is 12.0. The molecule has 8 heteroatoms. The van der Waals surface area contributed by atoms with Crippen molar-refractivity contribution in [2.24, 2.45) is 0 Å². The Morgan fingerprint density at radius 3 is 2.62 bits per heavy atom. The summed E-state index contributed by atoms with van der Waals surface area (Å²) in [6.07, 6.45) is 0. The lowest BCUT2D eigenvalue weighted by atomic mass is 10.1. The predicted molar refractivity (Wildman–Crippen MR) is 106 cm³/mol. The first kappa shape index (κ1) is 18.2. The minimum Gasteiger partial charge on any atom is -0.497 e. The van der Waals surface area contributed by atoms with E-state index in [9.17, 15) is 4.79 Å². The van der Waals surface area contributed by atoms with Crippen LogP contribution in [0, 0.1) is 6.92 Å². The summed E-state index contributed by atoms with van der Waals surface area (Å²) in [6.45, 7) is 2.09. The monoisotopic (exact) mass is 386 g/mol. The predicted octanol–water partition coefficient (Wildman–Crippen LogP) is 4.79. The summed E-state index contributed by atoms with van der Waals surface area (Å²) in [7, 11) is 1.60. The van der Waals surface area contributed by atoms with Crippen LogP contribution in [0.25, 0.3) is 0 Å². The van der Waals surface area contributed by atoms with Crippen LogP contribution in [0.2, 0.25) is 0 Å². The molecule has 0 spiro atoms. The fourth-order valence-electron chi connectivity index (χ4n) is 2.16. The van der Waals surface area contributed by atoms with E-state index in [1.54, 1.807) is 43.1 Å². The number of aryl methyl sites for hydroxylation is 1. The fourth-order valence-corrected chi connectivity index (χ4v) is 3.99. The molecule has 0 aliphatic heterocycles. The molecule has 26 heavy (non-hydrogen) atoms. The van der Waals surface area contributed by atoms with Gasteiger partial charge in [-0.05, 0) is 42.3 Å². The molecule has 0 saturated carbocycles. The Morgan fingerprint density at radius 2 is 1.88 bits per heavy atom. The summed E-state index contributed by atoms with van der Waals surface area (Å²) >= 11 is 2.95. The average molecular weight is 387 g/mol. The van der Waals surface area contributed by atoms with Gasteiger partial charge in [-0.1, -0.05) is 47.4 Å². The number of nitrogens with one attached hydrogen (secondary N) is 2. The van der Waals surface area contributed by atoms with Gasteiger partial charge in [0.1, 0.15) is 5.75 Å². The summed E-state index contributed by atoms with van der Waals surface area (Å²) in [6, 6.07) is 15.0. The van der Waals surface area contributed by atoms with Crippen LogP contribution < -0.4 is 15.4 Å². The number of hydrogen-bond acceptors (Lipinski definition) is 6.